The first kappa shape index (κ1) is 14.4. The molecular weight excluding hydrogens is 266 g/mol. The molecule has 0 spiro atoms. The van der Waals surface area contributed by atoms with Crippen LogP contribution in [-0.2, 0) is 6.54 Å². The molecule has 0 aliphatic carbocycles. The molecule has 6 nitrogen and oxygen atoms in total. The van der Waals surface area contributed by atoms with E-state index in [1.54, 1.807) is 6.20 Å². The number of carbonyl (C=O) groups is 1. The van der Waals surface area contributed by atoms with E-state index in [2.05, 4.69) is 20.6 Å². The fraction of sp³-hybridized carbons (Fsp3) is 0.733. The number of hydrogen-bond donors (Lipinski definition) is 2. The molecule has 0 saturated carbocycles. The van der Waals surface area contributed by atoms with Crippen LogP contribution in [0.4, 0.5) is 4.79 Å². The highest BCUT2D eigenvalue weighted by Crippen LogP contribution is 2.26. The molecule has 2 atom stereocenters. The number of aryl methyl sites for hydroxylation is 1. The van der Waals surface area contributed by atoms with Crippen molar-refractivity contribution in [2.45, 2.75) is 50.7 Å². The Hall–Kier alpha value is -1.56. The summed E-state index contributed by atoms with van der Waals surface area (Å²) in [5.41, 5.74) is 0. The second kappa shape index (κ2) is 6.93. The zero-order valence-electron chi connectivity index (χ0n) is 12.5. The second-order valence-electron chi connectivity index (χ2n) is 6.02. The van der Waals surface area contributed by atoms with Gasteiger partial charge in [0.1, 0.15) is 0 Å². The number of rotatable bonds is 5. The summed E-state index contributed by atoms with van der Waals surface area (Å²) in [6, 6.07) is 2.79. The topological polar surface area (TPSA) is 62.2 Å². The van der Waals surface area contributed by atoms with Crippen LogP contribution in [0.1, 0.15) is 32.1 Å². The third kappa shape index (κ3) is 3.75. The molecule has 0 unspecified atom stereocenters. The normalized spacial score (nSPS) is 25.5. The molecule has 1 aromatic rings. The first-order valence-electron chi connectivity index (χ1n) is 8.09. The Morgan fingerprint density at radius 1 is 1.29 bits per heavy atom. The van der Waals surface area contributed by atoms with Gasteiger partial charge in [0.2, 0.25) is 0 Å². The maximum absolute atomic E-state index is 12.0. The number of amides is 2. The van der Waals surface area contributed by atoms with Gasteiger partial charge in [0.05, 0.1) is 0 Å². The maximum Gasteiger partial charge on any atom is 0.315 e. The molecule has 0 radical (unpaired) electrons. The van der Waals surface area contributed by atoms with Crippen molar-refractivity contribution < 1.29 is 4.79 Å². The number of nitrogens with one attached hydrogen (secondary N) is 2. The zero-order valence-corrected chi connectivity index (χ0v) is 12.5. The highest BCUT2D eigenvalue weighted by atomic mass is 16.2. The summed E-state index contributed by atoms with van der Waals surface area (Å²) in [5.74, 6) is 0. The number of nitrogens with zero attached hydrogens (tertiary/aromatic N) is 3. The zero-order chi connectivity index (χ0) is 14.5. The molecule has 3 heterocycles. The minimum Gasteiger partial charge on any atom is -0.338 e. The van der Waals surface area contributed by atoms with Gasteiger partial charge in [-0.2, -0.15) is 5.10 Å². The summed E-state index contributed by atoms with van der Waals surface area (Å²) in [5, 5.41) is 10.3. The van der Waals surface area contributed by atoms with E-state index < -0.39 is 0 Å². The highest BCUT2D eigenvalue weighted by molar-refractivity contribution is 5.74. The second-order valence-corrected chi connectivity index (χ2v) is 6.02. The minimum absolute atomic E-state index is 0.0205. The molecule has 2 aliphatic rings. The number of carbonyl (C=O) groups excluding carboxylic acids is 1. The van der Waals surface area contributed by atoms with E-state index in [1.807, 2.05) is 16.9 Å². The molecule has 2 amide bonds. The lowest BCUT2D eigenvalue weighted by atomic mass is 9.99. The SMILES string of the molecule is O=C(NCCCn1cccn1)N[C@@H]1CCN2CCCC[C@@H]12. The average molecular weight is 291 g/mol. The van der Waals surface area contributed by atoms with Gasteiger partial charge in [-0.15, -0.1) is 0 Å². The third-order valence-electron chi connectivity index (χ3n) is 4.58. The average Bonchev–Trinajstić information content (AvgIpc) is 3.14. The Kier molecular flexibility index (Phi) is 4.75. The van der Waals surface area contributed by atoms with Gasteiger partial charge < -0.3 is 10.6 Å². The van der Waals surface area contributed by atoms with E-state index in [0.29, 0.717) is 18.6 Å². The van der Waals surface area contributed by atoms with Crippen molar-refractivity contribution in [2.24, 2.45) is 0 Å². The Bertz CT molecular complexity index is 447. The number of urea groups is 1. The lowest BCUT2D eigenvalue weighted by Crippen LogP contribution is -2.49. The van der Waals surface area contributed by atoms with Crippen LogP contribution in [0.5, 0.6) is 0 Å². The maximum atomic E-state index is 12.0. The van der Waals surface area contributed by atoms with Gasteiger partial charge in [-0.05, 0) is 38.3 Å². The van der Waals surface area contributed by atoms with Gasteiger partial charge in [-0.25, -0.2) is 4.79 Å². The van der Waals surface area contributed by atoms with Crippen LogP contribution in [-0.4, -0.2) is 52.4 Å². The lowest BCUT2D eigenvalue weighted by molar-refractivity contribution is 0.179. The minimum atomic E-state index is -0.0205. The summed E-state index contributed by atoms with van der Waals surface area (Å²) < 4.78 is 1.89. The quantitative estimate of drug-likeness (QED) is 0.801. The van der Waals surface area contributed by atoms with E-state index in [0.717, 1.165) is 25.9 Å². The largest absolute Gasteiger partial charge is 0.338 e. The molecule has 0 aromatic carbocycles. The molecule has 2 fully saturated rings. The van der Waals surface area contributed by atoms with Crippen LogP contribution >= 0.6 is 0 Å². The smallest absolute Gasteiger partial charge is 0.315 e. The van der Waals surface area contributed by atoms with E-state index in [-0.39, 0.29) is 6.03 Å². The van der Waals surface area contributed by atoms with Gasteiger partial charge in [0.25, 0.3) is 0 Å². The lowest BCUT2D eigenvalue weighted by Gasteiger charge is -2.32. The van der Waals surface area contributed by atoms with Crippen LogP contribution in [0.2, 0.25) is 0 Å². The van der Waals surface area contributed by atoms with Gasteiger partial charge in [-0.3, -0.25) is 9.58 Å². The molecule has 2 N–H and O–H groups in total. The monoisotopic (exact) mass is 291 g/mol. The molecule has 2 aliphatic heterocycles. The van der Waals surface area contributed by atoms with E-state index in [4.69, 9.17) is 0 Å². The molecule has 3 rings (SSSR count). The molecule has 2 saturated heterocycles. The molecule has 0 bridgehead atoms. The molecular formula is C15H25N5O. The van der Waals surface area contributed by atoms with E-state index >= 15 is 0 Å². The Balaban J connectivity index is 1.34. The van der Waals surface area contributed by atoms with Crippen molar-refractivity contribution in [1.82, 2.24) is 25.3 Å². The predicted octanol–water partition coefficient (Wildman–Crippen LogP) is 1.20. The van der Waals surface area contributed by atoms with Gasteiger partial charge in [0.15, 0.2) is 0 Å². The fourth-order valence-electron chi connectivity index (χ4n) is 3.51. The highest BCUT2D eigenvalue weighted by Gasteiger charge is 2.36. The number of aromatic nitrogens is 2. The number of hydrogen-bond acceptors (Lipinski definition) is 3. The van der Waals surface area contributed by atoms with Gasteiger partial charge in [0, 0.05) is 44.1 Å². The summed E-state index contributed by atoms with van der Waals surface area (Å²) in [7, 11) is 0. The van der Waals surface area contributed by atoms with Crippen LogP contribution in [0.15, 0.2) is 18.5 Å². The molecule has 116 valence electrons. The van der Waals surface area contributed by atoms with Gasteiger partial charge in [-0.1, -0.05) is 6.42 Å². The predicted molar refractivity (Wildman–Crippen MR) is 81.0 cm³/mol. The Labute approximate surface area is 125 Å². The van der Waals surface area contributed by atoms with Crippen molar-refractivity contribution in [1.29, 1.82) is 0 Å². The molecule has 6 heteroatoms. The number of fused-ring (bicyclic) bond motifs is 1. The number of piperidine rings is 1. The Morgan fingerprint density at radius 2 is 2.24 bits per heavy atom. The first-order valence-corrected chi connectivity index (χ1v) is 8.09. The van der Waals surface area contributed by atoms with Crippen molar-refractivity contribution in [3.63, 3.8) is 0 Å². The standard InChI is InChI=1S/C15H25N5O/c21-15(16-7-3-10-20-11-4-8-17-20)18-13-6-12-19-9-2-1-5-14(13)19/h4,8,11,13-14H,1-3,5-7,9-10,12H2,(H2,16,18,21)/t13-,14+/m1/s1. The summed E-state index contributed by atoms with van der Waals surface area (Å²) in [6.07, 6.45) is 9.53. The molecule has 21 heavy (non-hydrogen) atoms. The summed E-state index contributed by atoms with van der Waals surface area (Å²) >= 11 is 0. The van der Waals surface area contributed by atoms with Crippen molar-refractivity contribution >= 4 is 6.03 Å². The van der Waals surface area contributed by atoms with Crippen molar-refractivity contribution in [3.8, 4) is 0 Å². The Morgan fingerprint density at radius 3 is 3.10 bits per heavy atom. The van der Waals surface area contributed by atoms with Gasteiger partial charge >= 0.3 is 6.03 Å². The van der Waals surface area contributed by atoms with Crippen LogP contribution < -0.4 is 10.6 Å². The van der Waals surface area contributed by atoms with Crippen LogP contribution in [0, 0.1) is 0 Å². The fourth-order valence-corrected chi connectivity index (χ4v) is 3.51. The van der Waals surface area contributed by atoms with Crippen molar-refractivity contribution in [2.75, 3.05) is 19.6 Å². The molecule has 1 aromatic heterocycles. The third-order valence-corrected chi connectivity index (χ3v) is 4.58. The van der Waals surface area contributed by atoms with Crippen LogP contribution in [0.3, 0.4) is 0 Å². The van der Waals surface area contributed by atoms with E-state index in [1.165, 1.54) is 25.8 Å². The van der Waals surface area contributed by atoms with Crippen molar-refractivity contribution in [3.05, 3.63) is 18.5 Å². The summed E-state index contributed by atoms with van der Waals surface area (Å²) in [6.45, 7) is 3.86. The first-order chi connectivity index (χ1) is 10.3. The summed E-state index contributed by atoms with van der Waals surface area (Å²) in [4.78, 5) is 14.5. The van der Waals surface area contributed by atoms with Crippen LogP contribution in [0.25, 0.3) is 0 Å². The van der Waals surface area contributed by atoms with E-state index in [9.17, 15) is 4.79 Å².